The van der Waals surface area contributed by atoms with Crippen LogP contribution in [0.3, 0.4) is 0 Å². The number of carbonyl (C=O) groups is 1. The number of allylic oxidation sites excluding steroid dienone is 1. The van der Waals surface area contributed by atoms with Crippen molar-refractivity contribution in [2.24, 2.45) is 0 Å². The molecule has 0 aromatic heterocycles. The molecular formula is C21H23NO5. The molecule has 2 aromatic rings. The van der Waals surface area contributed by atoms with E-state index in [-0.39, 0.29) is 12.6 Å². The average molecular weight is 369 g/mol. The number of hydrogen-bond acceptors (Lipinski definition) is 6. The summed E-state index contributed by atoms with van der Waals surface area (Å²) in [6, 6.07) is 9.06. The molecule has 0 amide bonds. The summed E-state index contributed by atoms with van der Waals surface area (Å²) in [6.07, 6.45) is 1.79. The van der Waals surface area contributed by atoms with Crippen LogP contribution >= 0.6 is 0 Å². The molecule has 0 fully saturated rings. The Bertz CT molecular complexity index is 902. The first-order valence-electron chi connectivity index (χ1n) is 8.51. The standard InChI is InChI=1S/C21H23NO5/c1-13(10-15-7-9-18-21(20(15)25-5)27-12-26-18)19(23)14-6-8-17(24-4)16(11-14)22(2)3/h6-11H,12H2,1-5H3. The number of nitrogens with zero attached hydrogens (tertiary/aromatic N) is 1. The van der Waals surface area contributed by atoms with Gasteiger partial charge in [-0.05, 0) is 48.9 Å². The molecule has 0 saturated heterocycles. The summed E-state index contributed by atoms with van der Waals surface area (Å²) in [6.45, 7) is 1.95. The van der Waals surface area contributed by atoms with Crippen molar-refractivity contribution in [3.8, 4) is 23.0 Å². The van der Waals surface area contributed by atoms with E-state index in [0.717, 1.165) is 17.0 Å². The van der Waals surface area contributed by atoms with E-state index in [4.69, 9.17) is 18.9 Å². The topological polar surface area (TPSA) is 57.2 Å². The second-order valence-electron chi connectivity index (χ2n) is 6.36. The van der Waals surface area contributed by atoms with Gasteiger partial charge in [0.05, 0.1) is 19.9 Å². The molecule has 0 atom stereocenters. The molecule has 6 heteroatoms. The molecule has 27 heavy (non-hydrogen) atoms. The van der Waals surface area contributed by atoms with E-state index < -0.39 is 0 Å². The lowest BCUT2D eigenvalue weighted by Crippen LogP contribution is -2.11. The summed E-state index contributed by atoms with van der Waals surface area (Å²) in [7, 11) is 7.00. The number of Topliss-reactive ketones (excluding diaryl/α,β-unsaturated/α-hetero) is 1. The highest BCUT2D eigenvalue weighted by molar-refractivity contribution is 6.11. The Balaban J connectivity index is 1.96. The fourth-order valence-corrected chi connectivity index (χ4v) is 2.99. The Morgan fingerprint density at radius 2 is 1.89 bits per heavy atom. The highest BCUT2D eigenvalue weighted by Crippen LogP contribution is 2.43. The van der Waals surface area contributed by atoms with Crippen LogP contribution < -0.4 is 23.8 Å². The molecule has 1 heterocycles. The molecule has 0 bridgehead atoms. The third-order valence-corrected chi connectivity index (χ3v) is 4.38. The number of hydrogen-bond donors (Lipinski definition) is 0. The van der Waals surface area contributed by atoms with Gasteiger partial charge in [-0.2, -0.15) is 0 Å². The average Bonchev–Trinajstić information content (AvgIpc) is 3.15. The van der Waals surface area contributed by atoms with Crippen molar-refractivity contribution >= 4 is 17.5 Å². The third-order valence-electron chi connectivity index (χ3n) is 4.38. The summed E-state index contributed by atoms with van der Waals surface area (Å²) in [5.41, 5.74) is 2.78. The fourth-order valence-electron chi connectivity index (χ4n) is 2.99. The van der Waals surface area contributed by atoms with Crippen molar-refractivity contribution < 1.29 is 23.7 Å². The molecule has 2 aromatic carbocycles. The minimum atomic E-state index is -0.0690. The van der Waals surface area contributed by atoms with Crippen LogP contribution in [0.25, 0.3) is 6.08 Å². The van der Waals surface area contributed by atoms with Crippen molar-refractivity contribution in [1.29, 1.82) is 0 Å². The van der Waals surface area contributed by atoms with Gasteiger partial charge in [-0.15, -0.1) is 0 Å². The Labute approximate surface area is 158 Å². The van der Waals surface area contributed by atoms with E-state index in [2.05, 4.69) is 0 Å². The molecule has 1 aliphatic rings. The lowest BCUT2D eigenvalue weighted by Gasteiger charge is -2.17. The lowest BCUT2D eigenvalue weighted by atomic mass is 10.0. The van der Waals surface area contributed by atoms with Crippen molar-refractivity contribution in [2.75, 3.05) is 40.0 Å². The summed E-state index contributed by atoms with van der Waals surface area (Å²) >= 11 is 0. The minimum Gasteiger partial charge on any atom is -0.495 e. The summed E-state index contributed by atoms with van der Waals surface area (Å²) in [5.74, 6) is 2.40. The summed E-state index contributed by atoms with van der Waals surface area (Å²) < 4.78 is 21.7. The largest absolute Gasteiger partial charge is 0.495 e. The maximum atomic E-state index is 12.9. The van der Waals surface area contributed by atoms with Crippen LogP contribution in [0.2, 0.25) is 0 Å². The molecular weight excluding hydrogens is 346 g/mol. The molecule has 3 rings (SSSR count). The molecule has 0 unspecified atom stereocenters. The first-order valence-corrected chi connectivity index (χ1v) is 8.51. The monoisotopic (exact) mass is 369 g/mol. The van der Waals surface area contributed by atoms with Crippen molar-refractivity contribution in [2.45, 2.75) is 6.92 Å². The Hall–Kier alpha value is -3.15. The SMILES string of the molecule is COc1ccc(C(=O)C(C)=Cc2ccc3c(c2OC)OCO3)cc1N(C)C. The Morgan fingerprint density at radius 3 is 2.56 bits per heavy atom. The fraction of sp³-hybridized carbons (Fsp3) is 0.286. The van der Waals surface area contributed by atoms with E-state index in [1.54, 1.807) is 39.4 Å². The number of carbonyl (C=O) groups excluding carboxylic acids is 1. The molecule has 6 nitrogen and oxygen atoms in total. The summed E-state index contributed by atoms with van der Waals surface area (Å²) in [4.78, 5) is 14.8. The number of benzene rings is 2. The van der Waals surface area contributed by atoms with E-state index in [9.17, 15) is 4.79 Å². The lowest BCUT2D eigenvalue weighted by molar-refractivity contribution is 0.103. The predicted octanol–water partition coefficient (Wildman–Crippen LogP) is 3.78. The number of rotatable bonds is 6. The van der Waals surface area contributed by atoms with Gasteiger partial charge in [0.25, 0.3) is 0 Å². The second kappa shape index (κ2) is 7.61. The van der Waals surface area contributed by atoms with Crippen molar-refractivity contribution in [3.63, 3.8) is 0 Å². The highest BCUT2D eigenvalue weighted by atomic mass is 16.7. The van der Waals surface area contributed by atoms with Gasteiger partial charge in [0.15, 0.2) is 17.3 Å². The zero-order valence-corrected chi connectivity index (χ0v) is 16.2. The quantitative estimate of drug-likeness (QED) is 0.570. The van der Waals surface area contributed by atoms with Gasteiger partial charge in [0, 0.05) is 25.2 Å². The maximum absolute atomic E-state index is 12.9. The molecule has 0 saturated carbocycles. The van der Waals surface area contributed by atoms with E-state index >= 15 is 0 Å². The van der Waals surface area contributed by atoms with Crippen LogP contribution in [0.1, 0.15) is 22.8 Å². The van der Waals surface area contributed by atoms with Gasteiger partial charge in [0.1, 0.15) is 5.75 Å². The van der Waals surface area contributed by atoms with Gasteiger partial charge in [-0.3, -0.25) is 4.79 Å². The minimum absolute atomic E-state index is 0.0690. The van der Waals surface area contributed by atoms with Crippen LogP contribution in [0.15, 0.2) is 35.9 Å². The Morgan fingerprint density at radius 1 is 1.11 bits per heavy atom. The van der Waals surface area contributed by atoms with Crippen LogP contribution in [-0.2, 0) is 0 Å². The van der Waals surface area contributed by atoms with E-state index in [1.165, 1.54) is 0 Å². The normalized spacial score (nSPS) is 12.7. The number of ketones is 1. The molecule has 0 radical (unpaired) electrons. The molecule has 0 spiro atoms. The van der Waals surface area contributed by atoms with E-state index in [0.29, 0.717) is 28.4 Å². The van der Waals surface area contributed by atoms with E-state index in [1.807, 2.05) is 37.2 Å². The number of ether oxygens (including phenoxy) is 4. The van der Waals surface area contributed by atoms with Gasteiger partial charge >= 0.3 is 0 Å². The van der Waals surface area contributed by atoms with Gasteiger partial charge < -0.3 is 23.8 Å². The number of fused-ring (bicyclic) bond motifs is 1. The van der Waals surface area contributed by atoms with Gasteiger partial charge in [-0.1, -0.05) is 0 Å². The predicted molar refractivity (Wildman–Crippen MR) is 104 cm³/mol. The molecule has 0 aliphatic carbocycles. The highest BCUT2D eigenvalue weighted by Gasteiger charge is 2.21. The number of anilines is 1. The van der Waals surface area contributed by atoms with Gasteiger partial charge in [-0.25, -0.2) is 0 Å². The number of methoxy groups -OCH3 is 2. The van der Waals surface area contributed by atoms with Crippen LogP contribution in [-0.4, -0.2) is 40.9 Å². The zero-order valence-electron chi connectivity index (χ0n) is 16.2. The Kier molecular flexibility index (Phi) is 5.26. The smallest absolute Gasteiger partial charge is 0.231 e. The van der Waals surface area contributed by atoms with Crippen molar-refractivity contribution in [1.82, 2.24) is 0 Å². The van der Waals surface area contributed by atoms with Crippen LogP contribution in [0.4, 0.5) is 5.69 Å². The molecule has 1 aliphatic heterocycles. The zero-order chi connectivity index (χ0) is 19.6. The molecule has 0 N–H and O–H groups in total. The third kappa shape index (κ3) is 3.56. The molecule has 142 valence electrons. The van der Waals surface area contributed by atoms with Crippen molar-refractivity contribution in [3.05, 3.63) is 47.0 Å². The second-order valence-corrected chi connectivity index (χ2v) is 6.36. The maximum Gasteiger partial charge on any atom is 0.231 e. The van der Waals surface area contributed by atoms with Gasteiger partial charge in [0.2, 0.25) is 12.5 Å². The van der Waals surface area contributed by atoms with Crippen LogP contribution in [0, 0.1) is 0 Å². The van der Waals surface area contributed by atoms with Crippen LogP contribution in [0.5, 0.6) is 23.0 Å². The summed E-state index contributed by atoms with van der Waals surface area (Å²) in [5, 5.41) is 0. The first kappa shape index (κ1) is 18.6. The first-order chi connectivity index (χ1) is 13.0.